The van der Waals surface area contributed by atoms with Gasteiger partial charge >= 0.3 is 0 Å². The number of hydrogen-bond acceptors (Lipinski definition) is 6. The molecule has 22 heavy (non-hydrogen) atoms. The van der Waals surface area contributed by atoms with E-state index in [9.17, 15) is 0 Å². The SMILES string of the molecule is c1nc(NCc2ccc3c(c2)OCO3)cc(N2CCCC2)n1. The molecule has 1 aromatic carbocycles. The van der Waals surface area contributed by atoms with E-state index < -0.39 is 0 Å². The third-order valence-corrected chi connectivity index (χ3v) is 3.99. The van der Waals surface area contributed by atoms with E-state index in [0.717, 1.165) is 41.8 Å². The van der Waals surface area contributed by atoms with Gasteiger partial charge in [0.15, 0.2) is 11.5 Å². The minimum absolute atomic E-state index is 0.303. The van der Waals surface area contributed by atoms with Crippen molar-refractivity contribution in [2.45, 2.75) is 19.4 Å². The molecule has 6 nitrogen and oxygen atoms in total. The van der Waals surface area contributed by atoms with Gasteiger partial charge in [-0.1, -0.05) is 6.07 Å². The highest BCUT2D eigenvalue weighted by Gasteiger charge is 2.15. The minimum atomic E-state index is 0.303. The van der Waals surface area contributed by atoms with Crippen LogP contribution >= 0.6 is 0 Å². The number of benzene rings is 1. The Kier molecular flexibility index (Phi) is 3.42. The molecule has 1 aromatic heterocycles. The lowest BCUT2D eigenvalue weighted by Crippen LogP contribution is -2.19. The van der Waals surface area contributed by atoms with Crippen LogP contribution in [0.2, 0.25) is 0 Å². The Morgan fingerprint density at radius 3 is 2.82 bits per heavy atom. The van der Waals surface area contributed by atoms with Crippen LogP contribution in [0.3, 0.4) is 0 Å². The summed E-state index contributed by atoms with van der Waals surface area (Å²) in [5.74, 6) is 3.46. The normalized spacial score (nSPS) is 16.1. The third kappa shape index (κ3) is 2.64. The third-order valence-electron chi connectivity index (χ3n) is 3.99. The Morgan fingerprint density at radius 2 is 1.91 bits per heavy atom. The van der Waals surface area contributed by atoms with Crippen LogP contribution in [-0.2, 0) is 6.54 Å². The molecule has 0 saturated carbocycles. The number of ether oxygens (including phenoxy) is 2. The molecule has 2 aromatic rings. The van der Waals surface area contributed by atoms with Gasteiger partial charge < -0.3 is 19.7 Å². The van der Waals surface area contributed by atoms with E-state index in [0.29, 0.717) is 13.3 Å². The second-order valence-electron chi connectivity index (χ2n) is 5.50. The van der Waals surface area contributed by atoms with Crippen molar-refractivity contribution in [1.82, 2.24) is 9.97 Å². The van der Waals surface area contributed by atoms with Crippen molar-refractivity contribution in [1.29, 1.82) is 0 Å². The Bertz CT molecular complexity index is 671. The lowest BCUT2D eigenvalue weighted by Gasteiger charge is -2.16. The molecule has 2 aliphatic heterocycles. The summed E-state index contributed by atoms with van der Waals surface area (Å²) in [7, 11) is 0. The molecule has 1 fully saturated rings. The maximum absolute atomic E-state index is 5.40. The molecule has 0 bridgehead atoms. The van der Waals surface area contributed by atoms with Crippen LogP contribution in [0.15, 0.2) is 30.6 Å². The molecular formula is C16H18N4O2. The average molecular weight is 298 g/mol. The molecule has 114 valence electrons. The van der Waals surface area contributed by atoms with E-state index in [1.807, 2.05) is 24.3 Å². The molecule has 0 amide bonds. The molecule has 3 heterocycles. The van der Waals surface area contributed by atoms with Crippen LogP contribution in [-0.4, -0.2) is 29.9 Å². The summed E-state index contributed by atoms with van der Waals surface area (Å²) in [6.07, 6.45) is 4.10. The summed E-state index contributed by atoms with van der Waals surface area (Å²) in [5.41, 5.74) is 1.13. The standard InChI is InChI=1S/C16H18N4O2/c1-2-6-20(5-1)16-8-15(18-10-19-16)17-9-12-3-4-13-14(7-12)22-11-21-13/h3-4,7-8,10H,1-2,5-6,9,11H2,(H,17,18,19). The summed E-state index contributed by atoms with van der Waals surface area (Å²) >= 11 is 0. The first-order valence-electron chi connectivity index (χ1n) is 7.58. The first-order valence-corrected chi connectivity index (χ1v) is 7.58. The molecule has 0 radical (unpaired) electrons. The molecule has 6 heteroatoms. The highest BCUT2D eigenvalue weighted by molar-refractivity contribution is 5.50. The van der Waals surface area contributed by atoms with Crippen LogP contribution in [0.4, 0.5) is 11.6 Å². The van der Waals surface area contributed by atoms with E-state index in [1.54, 1.807) is 6.33 Å². The Labute approximate surface area is 129 Å². The number of fused-ring (bicyclic) bond motifs is 1. The zero-order valence-corrected chi connectivity index (χ0v) is 12.3. The van der Waals surface area contributed by atoms with Gasteiger partial charge in [0.1, 0.15) is 18.0 Å². The van der Waals surface area contributed by atoms with Crippen molar-refractivity contribution < 1.29 is 9.47 Å². The largest absolute Gasteiger partial charge is 0.454 e. The molecular weight excluding hydrogens is 280 g/mol. The van der Waals surface area contributed by atoms with Crippen molar-refractivity contribution in [2.24, 2.45) is 0 Å². The highest BCUT2D eigenvalue weighted by atomic mass is 16.7. The van der Waals surface area contributed by atoms with Gasteiger partial charge in [0, 0.05) is 25.7 Å². The van der Waals surface area contributed by atoms with Crippen molar-refractivity contribution in [3.8, 4) is 11.5 Å². The van der Waals surface area contributed by atoms with Crippen LogP contribution < -0.4 is 19.7 Å². The van der Waals surface area contributed by atoms with Crippen molar-refractivity contribution >= 4 is 11.6 Å². The van der Waals surface area contributed by atoms with E-state index >= 15 is 0 Å². The van der Waals surface area contributed by atoms with E-state index in [4.69, 9.17) is 9.47 Å². The number of nitrogens with one attached hydrogen (secondary N) is 1. The van der Waals surface area contributed by atoms with Gasteiger partial charge in [0.25, 0.3) is 0 Å². The van der Waals surface area contributed by atoms with Gasteiger partial charge in [-0.25, -0.2) is 9.97 Å². The van der Waals surface area contributed by atoms with Gasteiger partial charge in [-0.15, -0.1) is 0 Å². The number of hydrogen-bond donors (Lipinski definition) is 1. The van der Waals surface area contributed by atoms with Gasteiger partial charge in [0.2, 0.25) is 6.79 Å². The first-order chi connectivity index (χ1) is 10.9. The van der Waals surface area contributed by atoms with Gasteiger partial charge in [-0.2, -0.15) is 0 Å². The average Bonchev–Trinajstić information content (AvgIpc) is 3.24. The van der Waals surface area contributed by atoms with Crippen LogP contribution in [0.1, 0.15) is 18.4 Å². The van der Waals surface area contributed by atoms with Crippen LogP contribution in [0.25, 0.3) is 0 Å². The fraction of sp³-hybridized carbons (Fsp3) is 0.375. The summed E-state index contributed by atoms with van der Waals surface area (Å²) < 4.78 is 10.7. The molecule has 1 saturated heterocycles. The van der Waals surface area contributed by atoms with Crippen LogP contribution in [0, 0.1) is 0 Å². The zero-order valence-electron chi connectivity index (χ0n) is 12.3. The number of anilines is 2. The minimum Gasteiger partial charge on any atom is -0.454 e. The fourth-order valence-electron chi connectivity index (χ4n) is 2.81. The van der Waals surface area contributed by atoms with Crippen molar-refractivity contribution in [2.75, 3.05) is 30.1 Å². The molecule has 1 N–H and O–H groups in total. The quantitative estimate of drug-likeness (QED) is 0.935. The number of nitrogens with zero attached hydrogens (tertiary/aromatic N) is 3. The summed E-state index contributed by atoms with van der Waals surface area (Å²) in [5, 5.41) is 3.34. The Hall–Kier alpha value is -2.50. The number of rotatable bonds is 4. The van der Waals surface area contributed by atoms with Crippen molar-refractivity contribution in [3.63, 3.8) is 0 Å². The molecule has 2 aliphatic rings. The van der Waals surface area contributed by atoms with Crippen LogP contribution in [0.5, 0.6) is 11.5 Å². The summed E-state index contributed by atoms with van der Waals surface area (Å²) in [6.45, 7) is 3.15. The monoisotopic (exact) mass is 298 g/mol. The number of aromatic nitrogens is 2. The molecule has 0 unspecified atom stereocenters. The predicted octanol–water partition coefficient (Wildman–Crippen LogP) is 2.42. The fourth-order valence-corrected chi connectivity index (χ4v) is 2.81. The smallest absolute Gasteiger partial charge is 0.231 e. The predicted molar refractivity (Wildman–Crippen MR) is 83.4 cm³/mol. The van der Waals surface area contributed by atoms with E-state index in [-0.39, 0.29) is 0 Å². The topological polar surface area (TPSA) is 59.5 Å². The van der Waals surface area contributed by atoms with Crippen molar-refractivity contribution in [3.05, 3.63) is 36.2 Å². The lowest BCUT2D eigenvalue weighted by molar-refractivity contribution is 0.174. The maximum Gasteiger partial charge on any atom is 0.231 e. The maximum atomic E-state index is 5.40. The Balaban J connectivity index is 1.44. The zero-order chi connectivity index (χ0) is 14.8. The molecule has 0 spiro atoms. The second kappa shape index (κ2) is 5.71. The Morgan fingerprint density at radius 1 is 1.05 bits per heavy atom. The molecule has 4 rings (SSSR count). The van der Waals surface area contributed by atoms with E-state index in [2.05, 4.69) is 20.2 Å². The lowest BCUT2D eigenvalue weighted by atomic mass is 10.2. The first kappa shape index (κ1) is 13.2. The molecule has 0 aliphatic carbocycles. The van der Waals surface area contributed by atoms with Gasteiger partial charge in [-0.3, -0.25) is 0 Å². The molecule has 0 atom stereocenters. The second-order valence-corrected chi connectivity index (χ2v) is 5.50. The van der Waals surface area contributed by atoms with E-state index in [1.165, 1.54) is 12.8 Å². The van der Waals surface area contributed by atoms with Gasteiger partial charge in [0.05, 0.1) is 0 Å². The summed E-state index contributed by atoms with van der Waals surface area (Å²) in [6, 6.07) is 7.98. The summed E-state index contributed by atoms with van der Waals surface area (Å²) in [4.78, 5) is 11.0. The highest BCUT2D eigenvalue weighted by Crippen LogP contribution is 2.32. The van der Waals surface area contributed by atoms with Gasteiger partial charge in [-0.05, 0) is 30.5 Å².